The van der Waals surface area contributed by atoms with Gasteiger partial charge in [0.15, 0.2) is 5.75 Å². The lowest BCUT2D eigenvalue weighted by Gasteiger charge is -2.36. The number of aromatic nitrogens is 1. The molecule has 6 aromatic rings. The van der Waals surface area contributed by atoms with Gasteiger partial charge < -0.3 is 40.1 Å². The lowest BCUT2D eigenvalue weighted by atomic mass is 9.85. The summed E-state index contributed by atoms with van der Waals surface area (Å²) in [6, 6.07) is 23.2. The van der Waals surface area contributed by atoms with E-state index in [9.17, 15) is 33.8 Å². The number of nitrogens with zero attached hydrogens (tertiary/aromatic N) is 4. The van der Waals surface area contributed by atoms with E-state index in [0.29, 0.717) is 51.9 Å². The molecule has 14 nitrogen and oxygen atoms in total. The zero-order valence-corrected chi connectivity index (χ0v) is 41.6. The number of ketones is 1. The number of thiazole rings is 1. The summed E-state index contributed by atoms with van der Waals surface area (Å²) < 4.78 is 27.0. The number of rotatable bonds is 17. The van der Waals surface area contributed by atoms with Crippen LogP contribution >= 0.6 is 22.7 Å². The number of β-amino-alcohol motifs (C(OH)–C–C–N with tert-alkyl or cyclic N) is 1. The number of fused-ring (bicyclic) bond motifs is 1. The Morgan fingerprint density at radius 1 is 0.900 bits per heavy atom. The number of amides is 3. The fraction of sp³-hybridized carbons (Fsp3) is 0.377. The Hall–Kier alpha value is -6.24. The van der Waals surface area contributed by atoms with E-state index in [1.54, 1.807) is 53.8 Å². The van der Waals surface area contributed by atoms with Gasteiger partial charge in [0.1, 0.15) is 46.6 Å². The number of piperazine rings is 1. The molecule has 2 aliphatic rings. The van der Waals surface area contributed by atoms with Crippen LogP contribution in [0.4, 0.5) is 4.39 Å². The smallest absolute Gasteiger partial charge is 0.246 e. The zero-order chi connectivity index (χ0) is 49.7. The average molecular weight is 991 g/mol. The van der Waals surface area contributed by atoms with E-state index in [0.717, 1.165) is 47.9 Å². The van der Waals surface area contributed by atoms with Crippen molar-refractivity contribution in [2.75, 3.05) is 52.4 Å². The van der Waals surface area contributed by atoms with E-state index in [2.05, 4.69) is 25.4 Å². The second kappa shape index (κ2) is 21.8. The summed E-state index contributed by atoms with van der Waals surface area (Å²) in [6.45, 7) is 14.3. The largest absolute Gasteiger partial charge is 0.508 e. The summed E-state index contributed by atoms with van der Waals surface area (Å²) in [5.41, 5.74) is 4.27. The number of carbonyl (C=O) groups excluding carboxylic acids is 4. The Kier molecular flexibility index (Phi) is 15.6. The number of carbonyl (C=O) groups is 4. The summed E-state index contributed by atoms with van der Waals surface area (Å²) >= 11 is 2.75. The summed E-state index contributed by atoms with van der Waals surface area (Å²) in [5.74, 6) is -0.394. The van der Waals surface area contributed by atoms with Crippen molar-refractivity contribution >= 4 is 56.3 Å². The molecule has 70 heavy (non-hydrogen) atoms. The molecule has 0 spiro atoms. The normalized spacial score (nSPS) is 17.6. The molecule has 17 heteroatoms. The van der Waals surface area contributed by atoms with Gasteiger partial charge in [0, 0.05) is 74.3 Å². The Labute approximate surface area is 415 Å². The van der Waals surface area contributed by atoms with Crippen LogP contribution in [-0.2, 0) is 14.4 Å². The molecule has 368 valence electrons. The van der Waals surface area contributed by atoms with Crippen molar-refractivity contribution in [3.05, 3.63) is 124 Å². The van der Waals surface area contributed by atoms with Gasteiger partial charge in [-0.15, -0.1) is 22.7 Å². The number of aliphatic hydroxyl groups is 1. The van der Waals surface area contributed by atoms with Gasteiger partial charge >= 0.3 is 0 Å². The molecule has 0 aliphatic carbocycles. The van der Waals surface area contributed by atoms with Crippen LogP contribution in [0, 0.1) is 18.2 Å². The molecule has 2 saturated heterocycles. The zero-order valence-electron chi connectivity index (χ0n) is 39.9. The van der Waals surface area contributed by atoms with Crippen LogP contribution in [0.2, 0.25) is 0 Å². The molecule has 0 radical (unpaired) electrons. The second-order valence-electron chi connectivity index (χ2n) is 19.0. The lowest BCUT2D eigenvalue weighted by molar-refractivity contribution is -0.144. The van der Waals surface area contributed by atoms with Crippen LogP contribution in [0.25, 0.3) is 20.5 Å². The summed E-state index contributed by atoms with van der Waals surface area (Å²) in [6.07, 6.45) is -0.561. The standard InChI is InChI=1S/C53H59FN6O8S2/c1-32(34-9-11-35(12-10-34)48-33(2)55-31-69-48)56-51(65)43-28-39(62)30-60(43)52(66)50(53(3,4)5)57-45(63)19-20-58-21-23-59(24-22-58)25-26-67-40-14-16-41(17-15-40)68-47-42-18-13-38(61)29-44(42)70-49(47)46(64)36-7-6-8-37(54)27-36/h6-18,27,29,31-32,39,43,50,61-62H,19-26,28,30H2,1-5H3,(H,56,65)(H,57,63)/t32?,39?,43?,50-/m1/s1. The number of nitrogens with one attached hydrogen (secondary N) is 2. The van der Waals surface area contributed by atoms with Crippen molar-refractivity contribution in [3.63, 3.8) is 0 Å². The molecule has 4 aromatic carbocycles. The Morgan fingerprint density at radius 2 is 1.60 bits per heavy atom. The van der Waals surface area contributed by atoms with Gasteiger partial charge in [-0.25, -0.2) is 9.37 Å². The highest BCUT2D eigenvalue weighted by molar-refractivity contribution is 7.21. The quantitative estimate of drug-likeness (QED) is 0.0654. The molecule has 3 amide bonds. The van der Waals surface area contributed by atoms with Gasteiger partial charge in [-0.3, -0.25) is 24.1 Å². The van der Waals surface area contributed by atoms with Crippen molar-refractivity contribution in [1.29, 1.82) is 0 Å². The number of benzene rings is 4. The summed E-state index contributed by atoms with van der Waals surface area (Å²) in [5, 5.41) is 27.5. The molecule has 8 rings (SSSR count). The number of phenols is 1. The number of halogens is 1. The van der Waals surface area contributed by atoms with Crippen molar-refractivity contribution < 1.29 is 43.3 Å². The van der Waals surface area contributed by atoms with E-state index in [-0.39, 0.29) is 54.3 Å². The summed E-state index contributed by atoms with van der Waals surface area (Å²) in [7, 11) is 0. The molecule has 0 bridgehead atoms. The first kappa shape index (κ1) is 50.2. The minimum Gasteiger partial charge on any atom is -0.508 e. The highest BCUT2D eigenvalue weighted by atomic mass is 32.1. The van der Waals surface area contributed by atoms with Crippen LogP contribution in [0.15, 0.2) is 96.5 Å². The highest BCUT2D eigenvalue weighted by Gasteiger charge is 2.45. The van der Waals surface area contributed by atoms with Crippen molar-refractivity contribution in [2.45, 2.75) is 71.7 Å². The number of aromatic hydroxyl groups is 1. The first-order valence-corrected chi connectivity index (χ1v) is 25.2. The van der Waals surface area contributed by atoms with Crippen molar-refractivity contribution in [3.8, 4) is 33.4 Å². The molecule has 2 fully saturated rings. The highest BCUT2D eigenvalue weighted by Crippen LogP contribution is 2.43. The van der Waals surface area contributed by atoms with E-state index in [1.165, 1.54) is 40.5 Å². The number of hydrogen-bond acceptors (Lipinski definition) is 13. The number of ether oxygens (including phenoxy) is 2. The van der Waals surface area contributed by atoms with Gasteiger partial charge in [0.2, 0.25) is 23.5 Å². The number of phenolic OH excluding ortho intramolecular Hbond substituents is 1. The van der Waals surface area contributed by atoms with Crippen LogP contribution in [-0.4, -0.2) is 124 Å². The number of aryl methyl sites for hydroxylation is 1. The molecule has 2 aliphatic heterocycles. The Bertz CT molecular complexity index is 2820. The summed E-state index contributed by atoms with van der Waals surface area (Å²) in [4.78, 5) is 66.6. The van der Waals surface area contributed by atoms with E-state index in [4.69, 9.17) is 9.47 Å². The second-order valence-corrected chi connectivity index (χ2v) is 20.9. The number of aliphatic hydroxyl groups excluding tert-OH is 1. The number of likely N-dealkylation sites (tertiary alicyclic amines) is 1. The van der Waals surface area contributed by atoms with Gasteiger partial charge in [-0.05, 0) is 85.0 Å². The predicted octanol–water partition coefficient (Wildman–Crippen LogP) is 7.96. The third kappa shape index (κ3) is 12.0. The predicted molar refractivity (Wildman–Crippen MR) is 269 cm³/mol. The Balaban J connectivity index is 0.777. The first-order chi connectivity index (χ1) is 33.5. The molecule has 4 atom stereocenters. The van der Waals surface area contributed by atoms with E-state index >= 15 is 0 Å². The SMILES string of the molecule is Cc1ncsc1-c1ccc(C(C)NC(=O)C2CC(O)CN2C(=O)[C@@H](NC(=O)CCN2CCN(CCOc3ccc(Oc4c(C(=O)c5cccc(F)c5)sc5cc(O)ccc45)cc3)CC2)C(C)(C)C)cc1. The van der Waals surface area contributed by atoms with E-state index in [1.807, 2.05) is 64.4 Å². The molecular formula is C53H59FN6O8S2. The Morgan fingerprint density at radius 3 is 2.27 bits per heavy atom. The fourth-order valence-electron chi connectivity index (χ4n) is 8.83. The maximum Gasteiger partial charge on any atom is 0.246 e. The van der Waals surface area contributed by atoms with Crippen LogP contribution in [0.1, 0.15) is 73.1 Å². The van der Waals surface area contributed by atoms with Gasteiger partial charge in [-0.1, -0.05) is 57.2 Å². The van der Waals surface area contributed by atoms with Crippen molar-refractivity contribution in [1.82, 2.24) is 30.3 Å². The molecular weight excluding hydrogens is 932 g/mol. The van der Waals surface area contributed by atoms with Gasteiger partial charge in [0.25, 0.3) is 0 Å². The molecule has 4 N–H and O–H groups in total. The minimum atomic E-state index is -0.907. The molecule has 3 unspecified atom stereocenters. The van der Waals surface area contributed by atoms with Gasteiger partial charge in [-0.2, -0.15) is 0 Å². The first-order valence-electron chi connectivity index (χ1n) is 23.5. The topological polar surface area (TPSA) is 174 Å². The lowest BCUT2D eigenvalue weighted by Crippen LogP contribution is -2.58. The van der Waals surface area contributed by atoms with Crippen LogP contribution in [0.3, 0.4) is 0 Å². The third-order valence-electron chi connectivity index (χ3n) is 12.8. The van der Waals surface area contributed by atoms with Crippen molar-refractivity contribution in [2.24, 2.45) is 5.41 Å². The number of hydrogen-bond donors (Lipinski definition) is 4. The molecule has 4 heterocycles. The molecule has 0 saturated carbocycles. The third-order valence-corrected chi connectivity index (χ3v) is 14.9. The van der Waals surface area contributed by atoms with Crippen LogP contribution in [0.5, 0.6) is 23.0 Å². The van der Waals surface area contributed by atoms with E-state index < -0.39 is 35.3 Å². The number of thiophene rings is 1. The van der Waals surface area contributed by atoms with Gasteiger partial charge in [0.05, 0.1) is 28.2 Å². The molecule has 2 aromatic heterocycles. The monoisotopic (exact) mass is 990 g/mol. The maximum atomic E-state index is 14.2. The average Bonchev–Trinajstić information content (AvgIpc) is 4.06. The maximum absolute atomic E-state index is 14.2. The van der Waals surface area contributed by atoms with Crippen LogP contribution < -0.4 is 20.1 Å². The fourth-order valence-corrected chi connectivity index (χ4v) is 10.8. The minimum absolute atomic E-state index is 0.000968.